The third-order valence-electron chi connectivity index (χ3n) is 4.48. The van der Waals surface area contributed by atoms with Crippen molar-refractivity contribution in [3.8, 4) is 0 Å². The highest BCUT2D eigenvalue weighted by Crippen LogP contribution is 2.26. The molecule has 2 heterocycles. The number of carbonyl (C=O) groups excluding carboxylic acids is 1. The molecule has 28 heavy (non-hydrogen) atoms. The van der Waals surface area contributed by atoms with Gasteiger partial charge in [-0.3, -0.25) is 19.1 Å². The standard InChI is InChI=1S/C19H22N4O4S/c1-12(17(25)27-3)28-19-20-15-14(16(24)21-18(26)22(15)2)23(19)11-7-10-13-8-5-4-6-9-13/h4-6,8-9,12H,7,10-11H2,1-3H3,(H,21,24,26)/t12-/m0/s1. The first-order valence-corrected chi connectivity index (χ1v) is 9.78. The van der Waals surface area contributed by atoms with Crippen LogP contribution in [0.25, 0.3) is 11.2 Å². The molecule has 1 N–H and O–H groups in total. The van der Waals surface area contributed by atoms with E-state index in [-0.39, 0.29) is 5.97 Å². The van der Waals surface area contributed by atoms with E-state index < -0.39 is 16.5 Å². The zero-order valence-corrected chi connectivity index (χ0v) is 16.8. The maximum absolute atomic E-state index is 12.5. The summed E-state index contributed by atoms with van der Waals surface area (Å²) in [5.41, 5.74) is 0.819. The quantitative estimate of drug-likeness (QED) is 0.477. The monoisotopic (exact) mass is 402 g/mol. The summed E-state index contributed by atoms with van der Waals surface area (Å²) in [5, 5.41) is 0.0125. The number of fused-ring (bicyclic) bond motifs is 1. The van der Waals surface area contributed by atoms with Crippen molar-refractivity contribution in [3.63, 3.8) is 0 Å². The van der Waals surface area contributed by atoms with E-state index in [0.717, 1.165) is 12.8 Å². The van der Waals surface area contributed by atoms with Gasteiger partial charge in [-0.15, -0.1) is 0 Å². The van der Waals surface area contributed by atoms with Crippen LogP contribution in [0.3, 0.4) is 0 Å². The van der Waals surface area contributed by atoms with Crippen LogP contribution in [0.5, 0.6) is 0 Å². The van der Waals surface area contributed by atoms with Crippen LogP contribution in [0, 0.1) is 0 Å². The molecule has 9 heteroatoms. The number of nitrogens with one attached hydrogen (secondary N) is 1. The minimum atomic E-state index is -0.524. The maximum Gasteiger partial charge on any atom is 0.329 e. The van der Waals surface area contributed by atoms with Gasteiger partial charge in [0.25, 0.3) is 5.56 Å². The summed E-state index contributed by atoms with van der Waals surface area (Å²) in [6.07, 6.45) is 1.61. The number of rotatable bonds is 7. The number of aromatic amines is 1. The third kappa shape index (κ3) is 4.04. The number of hydrogen-bond donors (Lipinski definition) is 1. The molecule has 0 saturated carbocycles. The summed E-state index contributed by atoms with van der Waals surface area (Å²) >= 11 is 1.21. The number of imidazole rings is 1. The lowest BCUT2D eigenvalue weighted by atomic mass is 10.1. The van der Waals surface area contributed by atoms with Gasteiger partial charge >= 0.3 is 11.7 Å². The highest BCUT2D eigenvalue weighted by atomic mass is 32.2. The maximum atomic E-state index is 12.5. The topological polar surface area (TPSA) is 99.0 Å². The van der Waals surface area contributed by atoms with E-state index >= 15 is 0 Å². The fourth-order valence-corrected chi connectivity index (χ4v) is 3.93. The zero-order chi connectivity index (χ0) is 20.3. The predicted octanol–water partition coefficient (Wildman–Crippen LogP) is 1.71. The van der Waals surface area contributed by atoms with Crippen LogP contribution in [0.4, 0.5) is 0 Å². The van der Waals surface area contributed by atoms with Crippen molar-refractivity contribution in [1.29, 1.82) is 0 Å². The SMILES string of the molecule is COC(=O)[C@H](C)Sc1nc2c(c(=O)[nH]c(=O)n2C)n1CCCc1ccccc1. The van der Waals surface area contributed by atoms with Gasteiger partial charge in [0, 0.05) is 13.6 Å². The first kappa shape index (κ1) is 19.9. The van der Waals surface area contributed by atoms with Crippen molar-refractivity contribution < 1.29 is 9.53 Å². The zero-order valence-electron chi connectivity index (χ0n) is 16.0. The highest BCUT2D eigenvalue weighted by molar-refractivity contribution is 8.00. The second-order valence-electron chi connectivity index (χ2n) is 6.41. The molecule has 0 amide bonds. The Morgan fingerprint density at radius 2 is 2.00 bits per heavy atom. The number of aryl methyl sites for hydroxylation is 3. The van der Waals surface area contributed by atoms with Gasteiger partial charge in [-0.2, -0.15) is 0 Å². The highest BCUT2D eigenvalue weighted by Gasteiger charge is 2.22. The van der Waals surface area contributed by atoms with Crippen LogP contribution in [-0.4, -0.2) is 37.4 Å². The molecular weight excluding hydrogens is 380 g/mol. The number of esters is 1. The van der Waals surface area contributed by atoms with Crippen LogP contribution in [-0.2, 0) is 29.5 Å². The summed E-state index contributed by atoms with van der Waals surface area (Å²) in [6.45, 7) is 2.25. The molecule has 0 spiro atoms. The molecule has 0 aliphatic rings. The fraction of sp³-hybridized carbons (Fsp3) is 0.368. The van der Waals surface area contributed by atoms with Crippen LogP contribution in [0.1, 0.15) is 18.9 Å². The number of aromatic nitrogens is 4. The number of nitrogens with zero attached hydrogens (tertiary/aromatic N) is 3. The molecule has 1 aromatic carbocycles. The van der Waals surface area contributed by atoms with E-state index in [9.17, 15) is 14.4 Å². The first-order chi connectivity index (χ1) is 13.4. The van der Waals surface area contributed by atoms with E-state index in [1.807, 2.05) is 18.2 Å². The average molecular weight is 402 g/mol. The van der Waals surface area contributed by atoms with Gasteiger partial charge in [0.15, 0.2) is 16.3 Å². The van der Waals surface area contributed by atoms with Crippen molar-refractivity contribution in [2.45, 2.75) is 36.7 Å². The van der Waals surface area contributed by atoms with Crippen LogP contribution in [0.15, 0.2) is 45.1 Å². The van der Waals surface area contributed by atoms with Crippen molar-refractivity contribution in [2.24, 2.45) is 7.05 Å². The number of hydrogen-bond acceptors (Lipinski definition) is 6. The molecule has 3 aromatic rings. The average Bonchev–Trinajstić information content (AvgIpc) is 3.05. The molecule has 0 radical (unpaired) electrons. The molecule has 0 aliphatic carbocycles. The smallest absolute Gasteiger partial charge is 0.329 e. The first-order valence-electron chi connectivity index (χ1n) is 8.90. The minimum absolute atomic E-state index is 0.299. The third-order valence-corrected chi connectivity index (χ3v) is 5.55. The second-order valence-corrected chi connectivity index (χ2v) is 7.72. The Morgan fingerprint density at radius 1 is 1.29 bits per heavy atom. The predicted molar refractivity (Wildman–Crippen MR) is 108 cm³/mol. The molecule has 0 fully saturated rings. The number of methoxy groups -OCH3 is 1. The molecule has 0 saturated heterocycles. The normalized spacial score (nSPS) is 12.2. The van der Waals surface area contributed by atoms with Gasteiger partial charge in [0.2, 0.25) is 0 Å². The Bertz CT molecular complexity index is 1100. The number of H-pyrrole nitrogens is 1. The lowest BCUT2D eigenvalue weighted by Gasteiger charge is -2.11. The van der Waals surface area contributed by atoms with Gasteiger partial charge < -0.3 is 9.30 Å². The lowest BCUT2D eigenvalue weighted by molar-refractivity contribution is -0.139. The van der Waals surface area contributed by atoms with E-state index in [2.05, 4.69) is 22.1 Å². The lowest BCUT2D eigenvalue weighted by Crippen LogP contribution is -2.29. The molecule has 8 nitrogen and oxygen atoms in total. The summed E-state index contributed by atoms with van der Waals surface area (Å²) < 4.78 is 7.87. The van der Waals surface area contributed by atoms with E-state index in [1.54, 1.807) is 18.5 Å². The van der Waals surface area contributed by atoms with E-state index in [1.165, 1.54) is 29.0 Å². The van der Waals surface area contributed by atoms with Crippen molar-refractivity contribution in [2.75, 3.05) is 7.11 Å². The molecule has 0 bridgehead atoms. The Kier molecular flexibility index (Phi) is 6.03. The molecular formula is C19H22N4O4S. The van der Waals surface area contributed by atoms with Crippen molar-refractivity contribution in [3.05, 3.63) is 56.7 Å². The molecule has 148 valence electrons. The molecule has 2 aromatic heterocycles. The number of ether oxygens (including phenoxy) is 1. The molecule has 0 unspecified atom stereocenters. The largest absolute Gasteiger partial charge is 0.468 e. The Labute approximate surface area is 165 Å². The summed E-state index contributed by atoms with van der Waals surface area (Å²) in [5.74, 6) is -0.379. The van der Waals surface area contributed by atoms with E-state index in [4.69, 9.17) is 4.74 Å². The summed E-state index contributed by atoms with van der Waals surface area (Å²) in [6, 6.07) is 10.1. The summed E-state index contributed by atoms with van der Waals surface area (Å²) in [4.78, 5) is 43.0. The van der Waals surface area contributed by atoms with Crippen molar-refractivity contribution >= 4 is 28.9 Å². The number of thioether (sulfide) groups is 1. The van der Waals surface area contributed by atoms with Gasteiger partial charge in [-0.05, 0) is 25.3 Å². The Hall–Kier alpha value is -2.81. The van der Waals surface area contributed by atoms with Gasteiger partial charge in [-0.25, -0.2) is 9.78 Å². The summed E-state index contributed by atoms with van der Waals surface area (Å²) in [7, 11) is 2.89. The Morgan fingerprint density at radius 3 is 2.68 bits per heavy atom. The molecule has 0 aliphatic heterocycles. The second kappa shape index (κ2) is 8.47. The minimum Gasteiger partial charge on any atom is -0.468 e. The van der Waals surface area contributed by atoms with Crippen LogP contribution in [0.2, 0.25) is 0 Å². The van der Waals surface area contributed by atoms with Crippen LogP contribution >= 0.6 is 11.8 Å². The number of benzene rings is 1. The number of carbonyl (C=O) groups is 1. The fourth-order valence-electron chi connectivity index (χ4n) is 2.97. The van der Waals surface area contributed by atoms with Gasteiger partial charge in [0.1, 0.15) is 5.25 Å². The molecule has 1 atom stereocenters. The van der Waals surface area contributed by atoms with E-state index in [0.29, 0.717) is 22.9 Å². The van der Waals surface area contributed by atoms with Crippen LogP contribution < -0.4 is 11.2 Å². The van der Waals surface area contributed by atoms with Crippen molar-refractivity contribution in [1.82, 2.24) is 19.1 Å². The molecule has 3 rings (SSSR count). The van der Waals surface area contributed by atoms with Gasteiger partial charge in [-0.1, -0.05) is 42.1 Å². The Balaban J connectivity index is 1.98. The van der Waals surface area contributed by atoms with Gasteiger partial charge in [0.05, 0.1) is 7.11 Å².